The summed E-state index contributed by atoms with van der Waals surface area (Å²) in [7, 11) is 0. The molecule has 22 heavy (non-hydrogen) atoms. The molecule has 0 saturated carbocycles. The van der Waals surface area contributed by atoms with Crippen LogP contribution in [-0.4, -0.2) is 49.9 Å². The molecule has 0 bridgehead atoms. The van der Waals surface area contributed by atoms with Gasteiger partial charge in [-0.25, -0.2) is 0 Å². The summed E-state index contributed by atoms with van der Waals surface area (Å²) in [5, 5.41) is 2.79. The van der Waals surface area contributed by atoms with Gasteiger partial charge in [0.2, 0.25) is 6.41 Å². The number of carbonyl (C=O) groups is 1. The molecule has 1 heterocycles. The molecule has 2 rings (SSSR count). The summed E-state index contributed by atoms with van der Waals surface area (Å²) in [5.41, 5.74) is 1.46. The molecule has 0 aromatic heterocycles. The summed E-state index contributed by atoms with van der Waals surface area (Å²) < 4.78 is 32.4. The van der Waals surface area contributed by atoms with Crippen molar-refractivity contribution in [2.75, 3.05) is 37.6 Å². The predicted octanol–water partition coefficient (Wildman–Crippen LogP) is 2.09. The number of nitrogens with zero attached hydrogens (tertiary/aromatic N) is 1. The van der Waals surface area contributed by atoms with Crippen LogP contribution in [0.25, 0.3) is 0 Å². The van der Waals surface area contributed by atoms with Crippen molar-refractivity contribution in [1.29, 1.82) is 0 Å². The first-order valence-electron chi connectivity index (χ1n) is 6.98. The maximum Gasteiger partial charge on any atom is 0.302 e. The SMILES string of the molecule is O=CNC(CN1CCOCC1)c1cccc(NSC(F)F)c1. The zero-order chi connectivity index (χ0) is 15.8. The highest BCUT2D eigenvalue weighted by Gasteiger charge is 2.18. The smallest absolute Gasteiger partial charge is 0.302 e. The van der Waals surface area contributed by atoms with E-state index >= 15 is 0 Å². The Labute approximate surface area is 132 Å². The maximum absolute atomic E-state index is 12.2. The van der Waals surface area contributed by atoms with Gasteiger partial charge in [-0.1, -0.05) is 12.1 Å². The minimum Gasteiger partial charge on any atom is -0.379 e. The van der Waals surface area contributed by atoms with Crippen LogP contribution in [0.4, 0.5) is 14.5 Å². The van der Waals surface area contributed by atoms with Crippen LogP contribution >= 0.6 is 11.9 Å². The summed E-state index contributed by atoms with van der Waals surface area (Å²) in [6, 6.07) is 6.96. The van der Waals surface area contributed by atoms with E-state index in [9.17, 15) is 13.6 Å². The zero-order valence-electron chi connectivity index (χ0n) is 12.0. The lowest BCUT2D eigenvalue weighted by molar-refractivity contribution is -0.110. The lowest BCUT2D eigenvalue weighted by Crippen LogP contribution is -2.41. The minimum absolute atomic E-state index is 0.186. The monoisotopic (exact) mass is 331 g/mol. The van der Waals surface area contributed by atoms with E-state index in [4.69, 9.17) is 4.74 Å². The quantitative estimate of drug-likeness (QED) is 0.564. The Morgan fingerprint density at radius 2 is 2.14 bits per heavy atom. The lowest BCUT2D eigenvalue weighted by atomic mass is 10.1. The number of rotatable bonds is 8. The minimum atomic E-state index is -2.49. The van der Waals surface area contributed by atoms with Crippen LogP contribution in [0.2, 0.25) is 0 Å². The van der Waals surface area contributed by atoms with Gasteiger partial charge in [0.25, 0.3) is 0 Å². The van der Waals surface area contributed by atoms with Gasteiger partial charge in [-0.05, 0) is 17.7 Å². The van der Waals surface area contributed by atoms with E-state index in [0.29, 0.717) is 43.8 Å². The largest absolute Gasteiger partial charge is 0.379 e. The molecular formula is C14H19F2N3O2S. The van der Waals surface area contributed by atoms with E-state index in [-0.39, 0.29) is 6.04 Å². The fraction of sp³-hybridized carbons (Fsp3) is 0.500. The second-order valence-corrected chi connectivity index (χ2v) is 5.65. The molecule has 1 saturated heterocycles. The molecule has 0 aliphatic carbocycles. The third-order valence-corrected chi connectivity index (χ3v) is 3.90. The number of benzene rings is 1. The molecule has 1 aromatic rings. The van der Waals surface area contributed by atoms with Crippen LogP contribution in [0.1, 0.15) is 11.6 Å². The molecule has 1 atom stereocenters. The topological polar surface area (TPSA) is 53.6 Å². The first-order valence-corrected chi connectivity index (χ1v) is 7.86. The van der Waals surface area contributed by atoms with Gasteiger partial charge >= 0.3 is 5.76 Å². The normalized spacial score (nSPS) is 17.2. The Bertz CT molecular complexity index is 473. The van der Waals surface area contributed by atoms with Gasteiger partial charge in [-0.15, -0.1) is 0 Å². The van der Waals surface area contributed by atoms with Crippen molar-refractivity contribution in [3.63, 3.8) is 0 Å². The maximum atomic E-state index is 12.2. The molecule has 1 aromatic carbocycles. The van der Waals surface area contributed by atoms with Gasteiger partial charge in [0.05, 0.1) is 19.3 Å². The van der Waals surface area contributed by atoms with Crippen LogP contribution in [0.3, 0.4) is 0 Å². The third-order valence-electron chi connectivity index (χ3n) is 3.37. The van der Waals surface area contributed by atoms with Gasteiger partial charge in [-0.3, -0.25) is 9.69 Å². The summed E-state index contributed by atoms with van der Waals surface area (Å²) in [5.74, 6) is -2.49. The van der Waals surface area contributed by atoms with Crippen molar-refractivity contribution in [2.45, 2.75) is 11.8 Å². The van der Waals surface area contributed by atoms with Crippen LogP contribution in [0, 0.1) is 0 Å². The van der Waals surface area contributed by atoms with Gasteiger partial charge in [0, 0.05) is 37.3 Å². The molecule has 5 nitrogen and oxygen atoms in total. The number of alkyl halides is 2. The lowest BCUT2D eigenvalue weighted by Gasteiger charge is -2.30. The van der Waals surface area contributed by atoms with Crippen molar-refractivity contribution < 1.29 is 18.3 Å². The molecule has 1 amide bonds. The van der Waals surface area contributed by atoms with Gasteiger partial charge in [-0.2, -0.15) is 8.78 Å². The second-order valence-electron chi connectivity index (χ2n) is 4.86. The first-order chi connectivity index (χ1) is 10.7. The van der Waals surface area contributed by atoms with Crippen molar-refractivity contribution >= 4 is 24.0 Å². The number of hydrogen-bond donors (Lipinski definition) is 2. The second kappa shape index (κ2) is 8.92. The Morgan fingerprint density at radius 1 is 1.36 bits per heavy atom. The first kappa shape index (κ1) is 17.0. The molecule has 1 aliphatic rings. The summed E-state index contributed by atoms with van der Waals surface area (Å²) >= 11 is 0.354. The number of halogens is 2. The van der Waals surface area contributed by atoms with E-state index in [2.05, 4.69) is 14.9 Å². The molecule has 2 N–H and O–H groups in total. The van der Waals surface area contributed by atoms with Gasteiger partial charge < -0.3 is 14.8 Å². The number of carbonyl (C=O) groups excluding carboxylic acids is 1. The molecule has 1 aliphatic heterocycles. The van der Waals surface area contributed by atoms with Crippen molar-refractivity contribution in [2.24, 2.45) is 0 Å². The highest BCUT2D eigenvalue weighted by molar-refractivity contribution is 8.00. The van der Waals surface area contributed by atoms with E-state index in [0.717, 1.165) is 18.7 Å². The van der Waals surface area contributed by atoms with E-state index in [1.54, 1.807) is 18.2 Å². The predicted molar refractivity (Wildman–Crippen MR) is 82.9 cm³/mol. The Balaban J connectivity index is 2.02. The Kier molecular flexibility index (Phi) is 6.88. The Hall–Kier alpha value is -1.38. The molecule has 0 spiro atoms. The highest BCUT2D eigenvalue weighted by atomic mass is 32.2. The van der Waals surface area contributed by atoms with Gasteiger partial charge in [0.1, 0.15) is 0 Å². The molecule has 1 fully saturated rings. The number of morpholine rings is 1. The summed E-state index contributed by atoms with van der Waals surface area (Å²) in [4.78, 5) is 13.1. The van der Waals surface area contributed by atoms with E-state index in [1.807, 2.05) is 6.07 Å². The van der Waals surface area contributed by atoms with Crippen LogP contribution in [-0.2, 0) is 9.53 Å². The molecule has 8 heteroatoms. The zero-order valence-corrected chi connectivity index (χ0v) is 12.8. The van der Waals surface area contributed by atoms with Crippen molar-refractivity contribution in [1.82, 2.24) is 10.2 Å². The molecular weight excluding hydrogens is 312 g/mol. The number of amides is 1. The summed E-state index contributed by atoms with van der Waals surface area (Å²) in [6.07, 6.45) is 0.666. The fourth-order valence-electron chi connectivity index (χ4n) is 2.31. The number of anilines is 1. The van der Waals surface area contributed by atoms with Crippen molar-refractivity contribution in [3.05, 3.63) is 29.8 Å². The van der Waals surface area contributed by atoms with E-state index < -0.39 is 5.76 Å². The molecule has 1 unspecified atom stereocenters. The summed E-state index contributed by atoms with van der Waals surface area (Å²) in [6.45, 7) is 3.65. The van der Waals surface area contributed by atoms with Gasteiger partial charge in [0.15, 0.2) is 0 Å². The van der Waals surface area contributed by atoms with Crippen LogP contribution in [0.15, 0.2) is 24.3 Å². The number of nitrogens with one attached hydrogen (secondary N) is 2. The Morgan fingerprint density at radius 3 is 2.82 bits per heavy atom. The number of ether oxygens (including phenoxy) is 1. The van der Waals surface area contributed by atoms with Crippen LogP contribution < -0.4 is 10.0 Å². The highest BCUT2D eigenvalue weighted by Crippen LogP contribution is 2.23. The van der Waals surface area contributed by atoms with E-state index in [1.165, 1.54) is 0 Å². The fourth-order valence-corrected chi connectivity index (χ4v) is 2.66. The molecule has 122 valence electrons. The average molecular weight is 331 g/mol. The average Bonchev–Trinajstić information content (AvgIpc) is 2.54. The van der Waals surface area contributed by atoms with Crippen LogP contribution in [0.5, 0.6) is 0 Å². The van der Waals surface area contributed by atoms with Crippen molar-refractivity contribution in [3.8, 4) is 0 Å². The molecule has 0 radical (unpaired) electrons. The standard InChI is InChI=1S/C14H19F2N3O2S/c15-14(16)22-18-12-3-1-2-11(8-12)13(17-10-20)9-19-4-6-21-7-5-19/h1-3,8,10,13-14,18H,4-7,9H2,(H,17,20). The number of hydrogen-bond acceptors (Lipinski definition) is 5. The third kappa shape index (κ3) is 5.43.